The van der Waals surface area contributed by atoms with E-state index in [-0.39, 0.29) is 81.6 Å². The van der Waals surface area contributed by atoms with Gasteiger partial charge < -0.3 is 44.6 Å². The zero-order chi connectivity index (χ0) is 63.7. The van der Waals surface area contributed by atoms with Crippen molar-refractivity contribution in [1.29, 1.82) is 0 Å². The summed E-state index contributed by atoms with van der Waals surface area (Å²) < 4.78 is 170. The normalized spacial score (nSPS) is 18.4. The van der Waals surface area contributed by atoms with Crippen molar-refractivity contribution in [2.75, 3.05) is 39.3 Å². The number of benzene rings is 4. The molecule has 4 aromatic carbocycles. The van der Waals surface area contributed by atoms with Crippen molar-refractivity contribution in [3.8, 4) is 11.5 Å². The van der Waals surface area contributed by atoms with Gasteiger partial charge in [-0.2, -0.15) is 52.7 Å². The summed E-state index contributed by atoms with van der Waals surface area (Å²) in [7, 11) is 0. The number of aromatic amines is 2. The Morgan fingerprint density at radius 2 is 0.956 bits per heavy atom. The number of hydrogen-bond acceptors (Lipinski definition) is 9. The number of nitrogens with zero attached hydrogens (tertiary/aromatic N) is 5. The highest BCUT2D eigenvalue weighted by atomic mass is 35.5. The van der Waals surface area contributed by atoms with Crippen molar-refractivity contribution >= 4 is 70.3 Å². The third-order valence-electron chi connectivity index (χ3n) is 15.9. The number of carboxylic acid groups (broad SMARTS) is 1. The summed E-state index contributed by atoms with van der Waals surface area (Å²) in [5.41, 5.74) is -2.52. The Balaban J connectivity index is 0.000000197. The van der Waals surface area contributed by atoms with E-state index >= 15 is 0 Å². The number of carboxylic acids is 1. The molecule has 15 nitrogen and oxygen atoms in total. The molecule has 0 bridgehead atoms. The quantitative estimate of drug-likeness (QED) is 0.107. The minimum atomic E-state index is -4.83. The molecular weight excluding hydrogens is 1270 g/mol. The number of pyridine rings is 2. The Morgan fingerprint density at radius 3 is 1.43 bits per heavy atom. The van der Waals surface area contributed by atoms with Crippen molar-refractivity contribution in [2.24, 2.45) is 0 Å². The van der Waals surface area contributed by atoms with Crippen molar-refractivity contribution in [1.82, 2.24) is 40.0 Å². The number of rotatable bonds is 8. The van der Waals surface area contributed by atoms with Crippen LogP contribution in [-0.2, 0) is 60.2 Å². The van der Waals surface area contributed by atoms with E-state index in [1.165, 1.54) is 22.2 Å². The molecule has 8 aromatic rings. The minimum Gasteiger partial charge on any atom is -0.478 e. The second-order valence-corrected chi connectivity index (χ2v) is 21.7. The van der Waals surface area contributed by atoms with Gasteiger partial charge in [-0.15, -0.1) is 24.8 Å². The van der Waals surface area contributed by atoms with Crippen molar-refractivity contribution < 1.29 is 86.4 Å². The van der Waals surface area contributed by atoms with Crippen LogP contribution in [0.4, 0.5) is 52.7 Å². The third kappa shape index (κ3) is 14.9. The molecule has 91 heavy (non-hydrogen) atoms. The first kappa shape index (κ1) is 68.4. The Kier molecular flexibility index (Phi) is 20.4. The second-order valence-electron chi connectivity index (χ2n) is 21.7. The maximum absolute atomic E-state index is 14.3. The number of halogens is 14. The highest BCUT2D eigenvalue weighted by molar-refractivity contribution is 5.98. The van der Waals surface area contributed by atoms with Crippen LogP contribution >= 0.6 is 24.8 Å². The number of ether oxygens (including phenoxy) is 2. The van der Waals surface area contributed by atoms with Gasteiger partial charge in [0.15, 0.2) is 0 Å². The summed E-state index contributed by atoms with van der Waals surface area (Å²) >= 11 is 0. The van der Waals surface area contributed by atoms with Crippen LogP contribution < -0.4 is 14.8 Å². The third-order valence-corrected chi connectivity index (χ3v) is 15.9. The molecule has 0 radical (unpaired) electrons. The minimum absolute atomic E-state index is 0. The van der Waals surface area contributed by atoms with Crippen LogP contribution in [-0.4, -0.2) is 114 Å². The topological polar surface area (TPSA) is 186 Å². The van der Waals surface area contributed by atoms with E-state index in [1.54, 1.807) is 4.90 Å². The highest BCUT2D eigenvalue weighted by Gasteiger charge is 2.51. The van der Waals surface area contributed by atoms with Gasteiger partial charge in [0.05, 0.1) is 53.0 Å². The summed E-state index contributed by atoms with van der Waals surface area (Å²) in [4.78, 5) is 70.3. The fourth-order valence-electron chi connectivity index (χ4n) is 11.6. The van der Waals surface area contributed by atoms with Gasteiger partial charge in [0.2, 0.25) is 11.2 Å². The van der Waals surface area contributed by atoms with Gasteiger partial charge in [0.25, 0.3) is 17.7 Å². The monoisotopic (exact) mass is 1320 g/mol. The highest BCUT2D eigenvalue weighted by Crippen LogP contribution is 2.40. The lowest BCUT2D eigenvalue weighted by atomic mass is 9.89. The van der Waals surface area contributed by atoms with Gasteiger partial charge in [-0.3, -0.25) is 24.4 Å². The SMILES string of the molecule is Cl.Cl.O=C(c1cnccc1C(F)(F)F)N1CCCC(Oc2ccc(C(F)(F)F)cc2)(C(=O)N2CCc3c([nH]c4ccccc34)C2)C1.O=C(c1cnccc1C(F)(F)F)N1CCCC(Oc2ccc(C(F)(F)F)cc2)(C(=O)O)C1.c1ccc2c3c([nH]c2c1)CNCC3. The number of carbonyl (C=O) groups is 4. The lowest BCUT2D eigenvalue weighted by molar-refractivity contribution is -0.159. The first-order valence-corrected chi connectivity index (χ1v) is 27.9. The van der Waals surface area contributed by atoms with Crippen molar-refractivity contribution in [3.05, 3.63) is 190 Å². The number of aliphatic carboxylic acids is 1. The number of piperidine rings is 2. The van der Waals surface area contributed by atoms with Gasteiger partial charge in [-0.25, -0.2) is 4.79 Å². The first-order chi connectivity index (χ1) is 42.1. The molecule has 29 heteroatoms. The number of alkyl halides is 12. The summed E-state index contributed by atoms with van der Waals surface area (Å²) in [5, 5.41) is 15.6. The Labute approximate surface area is 522 Å². The summed E-state index contributed by atoms with van der Waals surface area (Å²) in [6, 6.07) is 24.7. The van der Waals surface area contributed by atoms with Crippen LogP contribution in [0.1, 0.15) is 91.2 Å². The summed E-state index contributed by atoms with van der Waals surface area (Å²) in [6.45, 7) is 1.59. The molecule has 2 fully saturated rings. The molecule has 0 spiro atoms. The Hall–Kier alpha value is -8.56. The Bertz CT molecular complexity index is 3920. The number of aromatic nitrogens is 4. The van der Waals surface area contributed by atoms with Gasteiger partial charge in [0, 0.05) is 90.6 Å². The number of hydrogen-bond donors (Lipinski definition) is 4. The average Bonchev–Trinajstić information content (AvgIpc) is 1.78. The molecule has 4 aliphatic rings. The predicted molar refractivity (Wildman–Crippen MR) is 312 cm³/mol. The van der Waals surface area contributed by atoms with Crippen molar-refractivity contribution in [2.45, 2.75) is 87.5 Å². The second kappa shape index (κ2) is 27.1. The van der Waals surface area contributed by atoms with Crippen LogP contribution in [0.2, 0.25) is 0 Å². The number of H-pyrrole nitrogens is 2. The van der Waals surface area contributed by atoms with E-state index in [1.807, 2.05) is 24.3 Å². The molecular formula is C62H56Cl2F12N8O7. The van der Waals surface area contributed by atoms with Gasteiger partial charge in [-0.05, 0) is 123 Å². The van der Waals surface area contributed by atoms with E-state index in [0.717, 1.165) is 113 Å². The molecule has 2 atom stereocenters. The number of para-hydroxylation sites is 2. The van der Waals surface area contributed by atoms with Crippen LogP contribution in [0.25, 0.3) is 21.8 Å². The molecule has 0 saturated carbocycles. The number of fused-ring (bicyclic) bond motifs is 6. The standard InChI is InChI=1S/C31H26F6N4O3.C20H16F6N2O4.C11H12N2.2ClH/c32-30(33,34)19-6-8-20(9-7-19)44-29(28(43)40-15-11-22-21-4-1-2-5-25(21)39-26(22)17-40)12-3-14-41(18-29)27(42)23-16-38-13-10-24(23)31(35,36)37;21-19(22,23)12-2-4-13(5-3-12)32-18(17(30)31)7-1-9-28(11-18)16(29)14-10-27-8-6-15(14)20(24,25)26;1-2-4-10-8(3-1)9-5-6-12-7-11(9)13-10;;/h1-2,4-10,13,16,39H,3,11-12,14-15,17-18H2;2-6,8,10H,1,7,9,11H2,(H,30,31);1-4,12-13H,5-7H2;2*1H. The van der Waals surface area contributed by atoms with Gasteiger partial charge in [-0.1, -0.05) is 36.4 Å². The zero-order valence-corrected chi connectivity index (χ0v) is 49.2. The van der Waals surface area contributed by atoms with Gasteiger partial charge >= 0.3 is 30.7 Å². The lowest BCUT2D eigenvalue weighted by Crippen LogP contribution is -2.62. The van der Waals surface area contributed by atoms with E-state index in [4.69, 9.17) is 9.47 Å². The molecule has 2 saturated heterocycles. The van der Waals surface area contributed by atoms with E-state index < -0.39 is 106 Å². The first-order valence-electron chi connectivity index (χ1n) is 27.9. The molecule has 4 N–H and O–H groups in total. The van der Waals surface area contributed by atoms with E-state index in [0.29, 0.717) is 37.2 Å². The van der Waals surface area contributed by atoms with Crippen LogP contribution in [0.15, 0.2) is 134 Å². The molecule has 4 aliphatic heterocycles. The van der Waals surface area contributed by atoms with Crippen LogP contribution in [0.5, 0.6) is 11.5 Å². The molecule has 2 unspecified atom stereocenters. The molecule has 12 rings (SSSR count). The number of likely N-dealkylation sites (tertiary alicyclic amines) is 2. The molecule has 4 aromatic heterocycles. The lowest BCUT2D eigenvalue weighted by Gasteiger charge is -2.44. The maximum Gasteiger partial charge on any atom is 0.417 e. The van der Waals surface area contributed by atoms with E-state index in [2.05, 4.69) is 49.5 Å². The molecule has 8 heterocycles. The molecule has 3 amide bonds. The zero-order valence-electron chi connectivity index (χ0n) is 47.6. The summed E-state index contributed by atoms with van der Waals surface area (Å²) in [5.74, 6) is -4.30. The van der Waals surface area contributed by atoms with Crippen molar-refractivity contribution in [3.63, 3.8) is 0 Å². The molecule has 0 aliphatic carbocycles. The Morgan fingerprint density at radius 1 is 0.516 bits per heavy atom. The number of amides is 3. The average molecular weight is 1320 g/mol. The number of nitrogens with one attached hydrogen (secondary N) is 3. The fourth-order valence-corrected chi connectivity index (χ4v) is 11.6. The van der Waals surface area contributed by atoms with Gasteiger partial charge in [0.1, 0.15) is 11.5 Å². The maximum atomic E-state index is 14.3. The smallest absolute Gasteiger partial charge is 0.417 e. The number of carbonyl (C=O) groups excluding carboxylic acids is 3. The molecule has 484 valence electrons. The largest absolute Gasteiger partial charge is 0.478 e. The summed E-state index contributed by atoms with van der Waals surface area (Å²) in [6.07, 6.45) is -13.5. The van der Waals surface area contributed by atoms with Crippen LogP contribution in [0, 0.1) is 0 Å². The fraction of sp³-hybridized carbons (Fsp3) is 0.323. The van der Waals surface area contributed by atoms with Crippen LogP contribution in [0.3, 0.4) is 0 Å². The van der Waals surface area contributed by atoms with E-state index in [9.17, 15) is 77.0 Å². The predicted octanol–water partition coefficient (Wildman–Crippen LogP) is 13.2.